The van der Waals surface area contributed by atoms with Crippen LogP contribution in [0.15, 0.2) is 45.9 Å². The minimum Gasteiger partial charge on any atom is -0.453 e. The molecule has 0 radical (unpaired) electrons. The number of hydrogen-bond acceptors (Lipinski definition) is 6. The van der Waals surface area contributed by atoms with Gasteiger partial charge in [-0.05, 0) is 49.3 Å². The number of thiazole rings is 1. The normalized spacial score (nSPS) is 14.7. The van der Waals surface area contributed by atoms with E-state index in [1.165, 1.54) is 0 Å². The highest BCUT2D eigenvalue weighted by Gasteiger charge is 2.29. The predicted octanol–water partition coefficient (Wildman–Crippen LogP) is 4.57. The number of aromatic nitrogens is 4. The fourth-order valence-electron chi connectivity index (χ4n) is 2.65. The number of fused-ring (bicyclic) bond motifs is 1. The van der Waals surface area contributed by atoms with E-state index in [4.69, 9.17) is 16.6 Å². The summed E-state index contributed by atoms with van der Waals surface area (Å²) in [5, 5.41) is 12.4. The number of nitrogens with one attached hydrogen (secondary N) is 1. The van der Waals surface area contributed by atoms with E-state index in [-0.39, 0.29) is 0 Å². The summed E-state index contributed by atoms with van der Waals surface area (Å²) < 4.78 is 9.19. The second-order valence-electron chi connectivity index (χ2n) is 5.91. The molecule has 25 heavy (non-hydrogen) atoms. The van der Waals surface area contributed by atoms with Gasteiger partial charge in [0.05, 0.1) is 16.4 Å². The van der Waals surface area contributed by atoms with Crippen molar-refractivity contribution < 1.29 is 4.42 Å². The predicted molar refractivity (Wildman–Crippen MR) is 99.7 cm³/mol. The van der Waals surface area contributed by atoms with Crippen molar-refractivity contribution in [1.82, 2.24) is 19.9 Å². The van der Waals surface area contributed by atoms with Crippen molar-refractivity contribution in [3.63, 3.8) is 0 Å². The molecule has 1 aromatic carbocycles. The van der Waals surface area contributed by atoms with Crippen LogP contribution in [-0.2, 0) is 0 Å². The van der Waals surface area contributed by atoms with Gasteiger partial charge in [0.15, 0.2) is 16.6 Å². The van der Waals surface area contributed by atoms with Crippen LogP contribution in [0.5, 0.6) is 0 Å². The van der Waals surface area contributed by atoms with E-state index in [1.807, 2.05) is 30.3 Å². The molecule has 124 valence electrons. The zero-order chi connectivity index (χ0) is 16.8. The van der Waals surface area contributed by atoms with Gasteiger partial charge in [-0.15, -0.1) is 11.3 Å². The molecule has 8 heteroatoms. The highest BCUT2D eigenvalue weighted by atomic mass is 32.1. The van der Waals surface area contributed by atoms with Crippen molar-refractivity contribution >= 4 is 40.0 Å². The highest BCUT2D eigenvalue weighted by molar-refractivity contribution is 7.71. The van der Waals surface area contributed by atoms with Gasteiger partial charge in [-0.1, -0.05) is 12.1 Å². The van der Waals surface area contributed by atoms with Crippen LogP contribution in [0.2, 0.25) is 0 Å². The van der Waals surface area contributed by atoms with Gasteiger partial charge in [-0.25, -0.2) is 4.98 Å². The third-order valence-electron chi connectivity index (χ3n) is 4.05. The van der Waals surface area contributed by atoms with Gasteiger partial charge in [0, 0.05) is 5.92 Å². The maximum atomic E-state index is 5.87. The monoisotopic (exact) mass is 367 g/mol. The summed E-state index contributed by atoms with van der Waals surface area (Å²) in [6.45, 7) is 0. The second-order valence-corrected chi connectivity index (χ2v) is 7.32. The van der Waals surface area contributed by atoms with E-state index < -0.39 is 0 Å². The molecule has 6 nitrogen and oxygen atoms in total. The zero-order valence-electron chi connectivity index (χ0n) is 13.0. The van der Waals surface area contributed by atoms with Gasteiger partial charge in [0.2, 0.25) is 4.77 Å². The van der Waals surface area contributed by atoms with Gasteiger partial charge in [0.25, 0.3) is 0 Å². The molecule has 3 heterocycles. The molecular formula is C17H13N5OS2. The molecule has 3 aromatic heterocycles. The van der Waals surface area contributed by atoms with Crippen LogP contribution in [0.25, 0.3) is 21.0 Å². The number of para-hydroxylation sites is 1. The van der Waals surface area contributed by atoms with Crippen LogP contribution in [0.4, 0.5) is 0 Å². The molecule has 5 rings (SSSR count). The van der Waals surface area contributed by atoms with E-state index in [0.29, 0.717) is 16.4 Å². The number of aromatic amines is 1. The number of rotatable bonds is 4. The summed E-state index contributed by atoms with van der Waals surface area (Å²) >= 11 is 6.86. The lowest BCUT2D eigenvalue weighted by Gasteiger charge is -1.96. The van der Waals surface area contributed by atoms with Crippen molar-refractivity contribution in [3.05, 3.63) is 52.8 Å². The molecule has 0 atom stereocenters. The van der Waals surface area contributed by atoms with Crippen molar-refractivity contribution in [2.45, 2.75) is 18.8 Å². The molecule has 4 aromatic rings. The van der Waals surface area contributed by atoms with E-state index in [1.54, 1.807) is 22.2 Å². The average Bonchev–Trinajstić information content (AvgIpc) is 3.06. The van der Waals surface area contributed by atoms with Gasteiger partial charge in [-0.2, -0.15) is 14.9 Å². The Kier molecular flexibility index (Phi) is 3.39. The molecule has 0 amide bonds. The fourth-order valence-corrected chi connectivity index (χ4v) is 3.76. The van der Waals surface area contributed by atoms with Crippen molar-refractivity contribution in [2.24, 2.45) is 5.10 Å². The van der Waals surface area contributed by atoms with Crippen LogP contribution in [0, 0.1) is 4.77 Å². The van der Waals surface area contributed by atoms with Gasteiger partial charge in [0.1, 0.15) is 5.76 Å². The summed E-state index contributed by atoms with van der Waals surface area (Å²) in [6.07, 6.45) is 3.93. The van der Waals surface area contributed by atoms with Crippen molar-refractivity contribution in [2.75, 3.05) is 0 Å². The number of nitrogens with zero attached hydrogens (tertiary/aromatic N) is 4. The topological polar surface area (TPSA) is 72.0 Å². The molecule has 1 aliphatic carbocycles. The van der Waals surface area contributed by atoms with Crippen LogP contribution in [0.3, 0.4) is 0 Å². The fraction of sp³-hybridized carbons (Fsp3) is 0.176. The standard InChI is InChI=1S/C17H13N5OS2/c24-17-21-20-15(10-5-6-10)22(17)18-9-11-7-8-13(23-11)16-19-12-3-1-2-4-14(12)25-16/h1-4,7-10H,5-6H2,(H,21,24)/b18-9-. The lowest BCUT2D eigenvalue weighted by Crippen LogP contribution is -1.96. The first-order valence-electron chi connectivity index (χ1n) is 7.95. The maximum absolute atomic E-state index is 5.87. The Balaban J connectivity index is 1.45. The third-order valence-corrected chi connectivity index (χ3v) is 5.37. The first-order valence-corrected chi connectivity index (χ1v) is 9.18. The Hall–Kier alpha value is -2.58. The average molecular weight is 367 g/mol. The van der Waals surface area contributed by atoms with E-state index >= 15 is 0 Å². The van der Waals surface area contributed by atoms with E-state index in [2.05, 4.69) is 26.3 Å². The summed E-state index contributed by atoms with van der Waals surface area (Å²) in [5.74, 6) is 2.74. The summed E-state index contributed by atoms with van der Waals surface area (Å²) in [7, 11) is 0. The molecule has 1 saturated carbocycles. The van der Waals surface area contributed by atoms with Gasteiger partial charge < -0.3 is 4.42 Å². The molecule has 1 aliphatic rings. The number of hydrogen-bond donors (Lipinski definition) is 1. The molecule has 0 unspecified atom stereocenters. The summed E-state index contributed by atoms with van der Waals surface area (Å²) in [5.41, 5.74) is 0.980. The summed E-state index contributed by atoms with van der Waals surface area (Å²) in [6, 6.07) is 11.8. The third kappa shape index (κ3) is 2.73. The smallest absolute Gasteiger partial charge is 0.216 e. The Morgan fingerprint density at radius 2 is 2.16 bits per heavy atom. The quantitative estimate of drug-likeness (QED) is 0.424. The molecule has 0 saturated heterocycles. The number of benzene rings is 1. The molecule has 0 aliphatic heterocycles. The van der Waals surface area contributed by atoms with Crippen LogP contribution in [-0.4, -0.2) is 26.1 Å². The van der Waals surface area contributed by atoms with Crippen LogP contribution in [0.1, 0.15) is 30.3 Å². The molecular weight excluding hydrogens is 354 g/mol. The zero-order valence-corrected chi connectivity index (χ0v) is 14.7. The Labute approximate surface area is 151 Å². The largest absolute Gasteiger partial charge is 0.453 e. The number of H-pyrrole nitrogens is 1. The van der Waals surface area contributed by atoms with Gasteiger partial charge >= 0.3 is 0 Å². The van der Waals surface area contributed by atoms with Crippen molar-refractivity contribution in [1.29, 1.82) is 0 Å². The Morgan fingerprint density at radius 3 is 3.00 bits per heavy atom. The van der Waals surface area contributed by atoms with E-state index in [0.717, 1.165) is 39.7 Å². The number of furan rings is 1. The highest BCUT2D eigenvalue weighted by Crippen LogP contribution is 2.38. The Bertz CT molecular complexity index is 1110. The molecule has 0 spiro atoms. The SMILES string of the molecule is S=c1[nH]nc(C2CC2)n1/N=C\c1ccc(-c2nc3ccccc3s2)o1. The lowest BCUT2D eigenvalue weighted by atomic mass is 10.3. The van der Waals surface area contributed by atoms with Crippen LogP contribution >= 0.6 is 23.6 Å². The lowest BCUT2D eigenvalue weighted by molar-refractivity contribution is 0.573. The maximum Gasteiger partial charge on any atom is 0.216 e. The Morgan fingerprint density at radius 1 is 1.28 bits per heavy atom. The molecule has 1 fully saturated rings. The first kappa shape index (κ1) is 14.7. The van der Waals surface area contributed by atoms with Crippen LogP contribution < -0.4 is 0 Å². The molecule has 0 bridgehead atoms. The molecule has 1 N–H and O–H groups in total. The minimum atomic E-state index is 0.458. The minimum absolute atomic E-state index is 0.458. The van der Waals surface area contributed by atoms with Gasteiger partial charge in [-0.3, -0.25) is 5.10 Å². The van der Waals surface area contributed by atoms with Crippen molar-refractivity contribution in [3.8, 4) is 10.8 Å². The second kappa shape index (κ2) is 5.75. The van der Waals surface area contributed by atoms with E-state index in [9.17, 15) is 0 Å². The summed E-state index contributed by atoms with van der Waals surface area (Å²) in [4.78, 5) is 4.61. The first-order chi connectivity index (χ1) is 12.3.